The van der Waals surface area contributed by atoms with Gasteiger partial charge in [-0.15, -0.1) is 6.42 Å². The second-order valence-corrected chi connectivity index (χ2v) is 2.83. The van der Waals surface area contributed by atoms with Crippen LogP contribution in [0.25, 0.3) is 0 Å². The number of quaternary nitrogens is 1. The first-order valence-corrected chi connectivity index (χ1v) is 4.33. The van der Waals surface area contributed by atoms with E-state index >= 15 is 0 Å². The van der Waals surface area contributed by atoms with E-state index in [4.69, 9.17) is 6.42 Å². The van der Waals surface area contributed by atoms with Crippen molar-refractivity contribution in [1.29, 1.82) is 0 Å². The molecule has 0 atom stereocenters. The minimum absolute atomic E-state index is 0.128. The highest BCUT2D eigenvalue weighted by atomic mass is 19.1. The Morgan fingerprint density at radius 2 is 2.15 bits per heavy atom. The third-order valence-corrected chi connectivity index (χ3v) is 1.84. The molecule has 0 aliphatic rings. The van der Waals surface area contributed by atoms with E-state index in [2.05, 4.69) is 5.92 Å². The Hall–Kier alpha value is -1.33. The lowest BCUT2D eigenvalue weighted by Crippen LogP contribution is -2.84. The summed E-state index contributed by atoms with van der Waals surface area (Å²) < 4.78 is 13.0. The molecule has 0 saturated heterocycles. The van der Waals surface area contributed by atoms with Gasteiger partial charge in [-0.2, -0.15) is 0 Å². The van der Waals surface area contributed by atoms with E-state index in [-0.39, 0.29) is 5.82 Å². The van der Waals surface area contributed by atoms with Gasteiger partial charge in [0.2, 0.25) is 0 Å². The molecule has 13 heavy (non-hydrogen) atoms. The number of hydrogen-bond acceptors (Lipinski definition) is 0. The minimum Gasteiger partial charge on any atom is -0.336 e. The van der Waals surface area contributed by atoms with Crippen molar-refractivity contribution in [3.8, 4) is 12.3 Å². The lowest BCUT2D eigenvalue weighted by molar-refractivity contribution is -0.643. The van der Waals surface area contributed by atoms with Gasteiger partial charge in [0.25, 0.3) is 0 Å². The van der Waals surface area contributed by atoms with Crippen LogP contribution in [0.1, 0.15) is 5.56 Å². The summed E-state index contributed by atoms with van der Waals surface area (Å²) in [6, 6.07) is 6.83. The number of terminal acetylenes is 1. The average Bonchev–Trinajstić information content (AvgIpc) is 2.15. The van der Waals surface area contributed by atoms with Crippen LogP contribution in [0.15, 0.2) is 24.3 Å². The number of hydrogen-bond donors (Lipinski definition) is 1. The maximum atomic E-state index is 13.0. The Balaban J connectivity index is 2.37. The van der Waals surface area contributed by atoms with Gasteiger partial charge in [-0.25, -0.2) is 4.39 Å². The molecule has 0 fully saturated rings. The van der Waals surface area contributed by atoms with Crippen LogP contribution in [0, 0.1) is 18.2 Å². The Bertz CT molecular complexity index is 301. The standard InChI is InChI=1S/C11H12FN/c1-2-8-13-9-7-10-5-3-4-6-11(10)12/h1,3-6,13H,7-9H2/p+1. The summed E-state index contributed by atoms with van der Waals surface area (Å²) in [7, 11) is 0. The minimum atomic E-state index is -0.128. The molecule has 0 aliphatic heterocycles. The molecule has 1 nitrogen and oxygen atoms in total. The number of halogens is 1. The van der Waals surface area contributed by atoms with Crippen LogP contribution in [0.4, 0.5) is 4.39 Å². The van der Waals surface area contributed by atoms with Crippen molar-refractivity contribution < 1.29 is 9.71 Å². The second-order valence-electron chi connectivity index (χ2n) is 2.83. The van der Waals surface area contributed by atoms with Gasteiger partial charge in [0.1, 0.15) is 12.4 Å². The van der Waals surface area contributed by atoms with Gasteiger partial charge in [0.05, 0.1) is 6.54 Å². The van der Waals surface area contributed by atoms with Gasteiger partial charge in [0.15, 0.2) is 0 Å². The maximum Gasteiger partial charge on any atom is 0.137 e. The molecular formula is C11H13FN+. The zero-order valence-electron chi connectivity index (χ0n) is 7.46. The zero-order valence-corrected chi connectivity index (χ0v) is 7.46. The van der Waals surface area contributed by atoms with Crippen molar-refractivity contribution in [2.75, 3.05) is 13.1 Å². The Morgan fingerprint density at radius 1 is 1.38 bits per heavy atom. The average molecular weight is 178 g/mol. The first-order chi connectivity index (χ1) is 6.34. The van der Waals surface area contributed by atoms with Crippen molar-refractivity contribution in [1.82, 2.24) is 0 Å². The number of rotatable bonds is 4. The van der Waals surface area contributed by atoms with Gasteiger partial charge in [-0.1, -0.05) is 18.2 Å². The van der Waals surface area contributed by atoms with E-state index in [9.17, 15) is 4.39 Å². The Labute approximate surface area is 78.0 Å². The zero-order chi connectivity index (χ0) is 9.52. The van der Waals surface area contributed by atoms with E-state index in [1.165, 1.54) is 6.07 Å². The summed E-state index contributed by atoms with van der Waals surface area (Å²) in [4.78, 5) is 0. The fourth-order valence-corrected chi connectivity index (χ4v) is 1.14. The third-order valence-electron chi connectivity index (χ3n) is 1.84. The molecule has 0 unspecified atom stereocenters. The van der Waals surface area contributed by atoms with Crippen LogP contribution < -0.4 is 5.32 Å². The van der Waals surface area contributed by atoms with Crippen molar-refractivity contribution in [3.05, 3.63) is 35.6 Å². The summed E-state index contributed by atoms with van der Waals surface area (Å²) in [5.74, 6) is 2.39. The molecule has 0 aromatic heterocycles. The molecule has 1 aromatic carbocycles. The monoisotopic (exact) mass is 178 g/mol. The summed E-state index contributed by atoms with van der Waals surface area (Å²) in [6.07, 6.45) is 5.81. The van der Waals surface area contributed by atoms with Crippen LogP contribution >= 0.6 is 0 Å². The SMILES string of the molecule is C#CC[NH2+]CCc1ccccc1F. The molecule has 68 valence electrons. The van der Waals surface area contributed by atoms with Gasteiger partial charge in [-0.05, 0) is 17.6 Å². The predicted octanol–water partition coefficient (Wildman–Crippen LogP) is 0.565. The molecule has 0 spiro atoms. The van der Waals surface area contributed by atoms with Crippen LogP contribution in [0.5, 0.6) is 0 Å². The van der Waals surface area contributed by atoms with Crippen molar-refractivity contribution in [2.45, 2.75) is 6.42 Å². The summed E-state index contributed by atoms with van der Waals surface area (Å²) in [5, 5.41) is 1.99. The molecule has 2 heteroatoms. The molecule has 1 rings (SSSR count). The van der Waals surface area contributed by atoms with E-state index in [0.717, 1.165) is 18.5 Å². The number of benzene rings is 1. The lowest BCUT2D eigenvalue weighted by Gasteiger charge is -2.00. The second kappa shape index (κ2) is 5.34. The van der Waals surface area contributed by atoms with Crippen LogP contribution in [-0.4, -0.2) is 13.1 Å². The first-order valence-electron chi connectivity index (χ1n) is 4.33. The molecule has 0 heterocycles. The lowest BCUT2D eigenvalue weighted by atomic mass is 10.1. The third kappa shape index (κ3) is 3.27. The Kier molecular flexibility index (Phi) is 4.01. The first kappa shape index (κ1) is 9.76. The Morgan fingerprint density at radius 3 is 2.85 bits per heavy atom. The molecule has 0 bridgehead atoms. The fourth-order valence-electron chi connectivity index (χ4n) is 1.14. The van der Waals surface area contributed by atoms with E-state index in [1.54, 1.807) is 12.1 Å². The maximum absolute atomic E-state index is 13.0. The highest BCUT2D eigenvalue weighted by Crippen LogP contribution is 2.05. The predicted molar refractivity (Wildman–Crippen MR) is 50.6 cm³/mol. The highest BCUT2D eigenvalue weighted by Gasteiger charge is 1.99. The highest BCUT2D eigenvalue weighted by molar-refractivity contribution is 5.17. The number of nitrogens with two attached hydrogens (primary N) is 1. The summed E-state index contributed by atoms with van der Waals surface area (Å²) in [6.45, 7) is 1.50. The molecule has 1 aromatic rings. The van der Waals surface area contributed by atoms with Gasteiger partial charge in [-0.3, -0.25) is 0 Å². The quantitative estimate of drug-likeness (QED) is 0.512. The normalized spacial score (nSPS) is 9.54. The van der Waals surface area contributed by atoms with E-state index < -0.39 is 0 Å². The van der Waals surface area contributed by atoms with Crippen molar-refractivity contribution >= 4 is 0 Å². The van der Waals surface area contributed by atoms with E-state index in [0.29, 0.717) is 6.54 Å². The van der Waals surface area contributed by atoms with Crippen molar-refractivity contribution in [3.63, 3.8) is 0 Å². The molecule has 0 aliphatic carbocycles. The molecule has 2 N–H and O–H groups in total. The van der Waals surface area contributed by atoms with E-state index in [1.807, 2.05) is 11.4 Å². The fraction of sp³-hybridized carbons (Fsp3) is 0.273. The van der Waals surface area contributed by atoms with Crippen LogP contribution in [0.3, 0.4) is 0 Å². The smallest absolute Gasteiger partial charge is 0.137 e. The van der Waals surface area contributed by atoms with Gasteiger partial charge in [0, 0.05) is 6.42 Å². The summed E-state index contributed by atoms with van der Waals surface area (Å²) in [5.41, 5.74) is 0.760. The topological polar surface area (TPSA) is 16.6 Å². The largest absolute Gasteiger partial charge is 0.336 e. The summed E-state index contributed by atoms with van der Waals surface area (Å²) >= 11 is 0. The molecule has 0 saturated carbocycles. The van der Waals surface area contributed by atoms with Crippen molar-refractivity contribution in [2.24, 2.45) is 0 Å². The van der Waals surface area contributed by atoms with Crippen LogP contribution in [-0.2, 0) is 6.42 Å². The molecular weight excluding hydrogens is 165 g/mol. The molecule has 0 amide bonds. The molecule has 0 radical (unpaired) electrons. The van der Waals surface area contributed by atoms with Gasteiger partial charge >= 0.3 is 0 Å². The van der Waals surface area contributed by atoms with Crippen LogP contribution in [0.2, 0.25) is 0 Å². The van der Waals surface area contributed by atoms with Gasteiger partial charge < -0.3 is 5.32 Å².